The van der Waals surface area contributed by atoms with Crippen molar-refractivity contribution in [2.75, 3.05) is 5.32 Å². The molecule has 0 radical (unpaired) electrons. The number of nitrogens with zero attached hydrogens (tertiary/aromatic N) is 2. The van der Waals surface area contributed by atoms with Crippen LogP contribution in [0.5, 0.6) is 0 Å². The molecule has 1 unspecified atom stereocenters. The summed E-state index contributed by atoms with van der Waals surface area (Å²) in [5.41, 5.74) is 3.41. The monoisotopic (exact) mass is 247 g/mol. The highest BCUT2D eigenvalue weighted by Gasteiger charge is 2.10. The zero-order chi connectivity index (χ0) is 13.7. The van der Waals surface area contributed by atoms with Crippen molar-refractivity contribution in [3.8, 4) is 12.1 Å². The molecule has 0 saturated carbocycles. The van der Waals surface area contributed by atoms with Crippen LogP contribution in [-0.2, 0) is 0 Å². The Bertz CT molecular complexity index is 645. The smallest absolute Gasteiger partial charge is 0.140 e. The Balaban J connectivity index is 2.23. The van der Waals surface area contributed by atoms with Crippen molar-refractivity contribution in [1.82, 2.24) is 0 Å². The Labute approximate surface area is 112 Å². The van der Waals surface area contributed by atoms with Gasteiger partial charge >= 0.3 is 0 Å². The summed E-state index contributed by atoms with van der Waals surface area (Å²) < 4.78 is 0. The van der Waals surface area contributed by atoms with Crippen LogP contribution >= 0.6 is 0 Å². The number of nitriles is 2. The molecule has 1 N–H and O–H groups in total. The van der Waals surface area contributed by atoms with E-state index in [-0.39, 0.29) is 0 Å². The number of rotatable bonds is 3. The third kappa shape index (κ3) is 3.12. The van der Waals surface area contributed by atoms with Gasteiger partial charge in [-0.15, -0.1) is 0 Å². The quantitative estimate of drug-likeness (QED) is 0.902. The summed E-state index contributed by atoms with van der Waals surface area (Å²) >= 11 is 0. The summed E-state index contributed by atoms with van der Waals surface area (Å²) in [4.78, 5) is 0. The van der Waals surface area contributed by atoms with Gasteiger partial charge in [-0.05, 0) is 36.8 Å². The van der Waals surface area contributed by atoms with Gasteiger partial charge in [-0.1, -0.05) is 29.8 Å². The second kappa shape index (κ2) is 5.71. The van der Waals surface area contributed by atoms with Gasteiger partial charge in [-0.2, -0.15) is 10.5 Å². The van der Waals surface area contributed by atoms with Gasteiger partial charge < -0.3 is 5.32 Å². The fourth-order valence-corrected chi connectivity index (χ4v) is 1.79. The summed E-state index contributed by atoms with van der Waals surface area (Å²) in [6.45, 7) is 2.02. The van der Waals surface area contributed by atoms with Crippen LogP contribution in [0.15, 0.2) is 48.5 Å². The van der Waals surface area contributed by atoms with Crippen molar-refractivity contribution >= 4 is 5.69 Å². The molecule has 0 fully saturated rings. The Kier molecular flexibility index (Phi) is 3.81. The second-order valence-corrected chi connectivity index (χ2v) is 4.31. The SMILES string of the molecule is Cc1ccc(NC(C#N)c2cccc(C#N)c2)cc1. The molecule has 2 aromatic carbocycles. The van der Waals surface area contributed by atoms with Crippen LogP contribution in [-0.4, -0.2) is 0 Å². The maximum atomic E-state index is 9.26. The zero-order valence-corrected chi connectivity index (χ0v) is 10.6. The fraction of sp³-hybridized carbons (Fsp3) is 0.125. The number of benzene rings is 2. The van der Waals surface area contributed by atoms with Gasteiger partial charge in [-0.3, -0.25) is 0 Å². The van der Waals surface area contributed by atoms with E-state index in [0.717, 1.165) is 11.3 Å². The first-order valence-electron chi connectivity index (χ1n) is 5.96. The highest BCUT2D eigenvalue weighted by Crippen LogP contribution is 2.20. The molecule has 0 aliphatic rings. The summed E-state index contributed by atoms with van der Waals surface area (Å²) in [6.07, 6.45) is 0. The Morgan fingerprint density at radius 1 is 1.05 bits per heavy atom. The molecule has 0 amide bonds. The van der Waals surface area contributed by atoms with Gasteiger partial charge in [0, 0.05) is 5.69 Å². The van der Waals surface area contributed by atoms with Crippen LogP contribution in [0, 0.1) is 29.6 Å². The molecular weight excluding hydrogens is 234 g/mol. The zero-order valence-electron chi connectivity index (χ0n) is 10.6. The van der Waals surface area contributed by atoms with Crippen molar-refractivity contribution in [3.63, 3.8) is 0 Å². The molecule has 0 saturated heterocycles. The Morgan fingerprint density at radius 3 is 2.42 bits per heavy atom. The average Bonchev–Trinajstić information content (AvgIpc) is 2.46. The average molecular weight is 247 g/mol. The van der Waals surface area contributed by atoms with Crippen LogP contribution in [0.3, 0.4) is 0 Å². The highest BCUT2D eigenvalue weighted by atomic mass is 14.9. The number of hydrogen-bond donors (Lipinski definition) is 1. The largest absolute Gasteiger partial charge is 0.366 e. The van der Waals surface area contributed by atoms with E-state index in [1.54, 1.807) is 18.2 Å². The van der Waals surface area contributed by atoms with E-state index in [0.29, 0.717) is 5.56 Å². The third-order valence-electron chi connectivity index (χ3n) is 2.84. The van der Waals surface area contributed by atoms with Gasteiger partial charge in [0.05, 0.1) is 17.7 Å². The third-order valence-corrected chi connectivity index (χ3v) is 2.84. The van der Waals surface area contributed by atoms with E-state index in [1.807, 2.05) is 37.3 Å². The van der Waals surface area contributed by atoms with E-state index in [4.69, 9.17) is 5.26 Å². The first-order valence-corrected chi connectivity index (χ1v) is 5.96. The van der Waals surface area contributed by atoms with Crippen molar-refractivity contribution in [1.29, 1.82) is 10.5 Å². The van der Waals surface area contributed by atoms with Crippen molar-refractivity contribution in [2.24, 2.45) is 0 Å². The first-order chi connectivity index (χ1) is 9.22. The van der Waals surface area contributed by atoms with Crippen LogP contribution in [0.2, 0.25) is 0 Å². The van der Waals surface area contributed by atoms with E-state index in [9.17, 15) is 5.26 Å². The molecule has 1 atom stereocenters. The summed E-state index contributed by atoms with van der Waals surface area (Å²) in [5, 5.41) is 21.3. The molecule has 0 aromatic heterocycles. The standard InChI is InChI=1S/C16H13N3/c1-12-5-7-15(8-6-12)19-16(11-18)14-4-2-3-13(9-14)10-17/h2-9,16,19H,1H3. The maximum Gasteiger partial charge on any atom is 0.140 e. The molecule has 3 nitrogen and oxygen atoms in total. The van der Waals surface area contributed by atoms with E-state index >= 15 is 0 Å². The summed E-state index contributed by atoms with van der Waals surface area (Å²) in [7, 11) is 0. The topological polar surface area (TPSA) is 59.6 Å². The normalized spacial score (nSPS) is 11.1. The molecule has 2 rings (SSSR count). The van der Waals surface area contributed by atoms with E-state index < -0.39 is 6.04 Å². The predicted molar refractivity (Wildman–Crippen MR) is 74.3 cm³/mol. The van der Waals surface area contributed by atoms with E-state index in [1.165, 1.54) is 5.56 Å². The van der Waals surface area contributed by atoms with Gasteiger partial charge in [0.15, 0.2) is 0 Å². The minimum Gasteiger partial charge on any atom is -0.366 e. The molecule has 92 valence electrons. The second-order valence-electron chi connectivity index (χ2n) is 4.31. The maximum absolute atomic E-state index is 9.26. The van der Waals surface area contributed by atoms with Crippen LogP contribution in [0.4, 0.5) is 5.69 Å². The van der Waals surface area contributed by atoms with Gasteiger partial charge in [0.1, 0.15) is 6.04 Å². The lowest BCUT2D eigenvalue weighted by Crippen LogP contribution is -2.08. The highest BCUT2D eigenvalue weighted by molar-refractivity contribution is 5.49. The molecule has 2 aromatic rings. The van der Waals surface area contributed by atoms with E-state index in [2.05, 4.69) is 17.5 Å². The number of anilines is 1. The van der Waals surface area contributed by atoms with Gasteiger partial charge in [0.25, 0.3) is 0 Å². The lowest BCUT2D eigenvalue weighted by Gasteiger charge is -2.13. The van der Waals surface area contributed by atoms with Crippen LogP contribution in [0.25, 0.3) is 0 Å². The first kappa shape index (κ1) is 12.7. The fourth-order valence-electron chi connectivity index (χ4n) is 1.79. The summed E-state index contributed by atoms with van der Waals surface area (Å²) in [6, 6.07) is 18.8. The van der Waals surface area contributed by atoms with Crippen molar-refractivity contribution in [3.05, 3.63) is 65.2 Å². The number of hydrogen-bond acceptors (Lipinski definition) is 3. The molecule has 0 aliphatic carbocycles. The van der Waals surface area contributed by atoms with Gasteiger partial charge in [-0.25, -0.2) is 0 Å². The van der Waals surface area contributed by atoms with Gasteiger partial charge in [0.2, 0.25) is 0 Å². The lowest BCUT2D eigenvalue weighted by molar-refractivity contribution is 0.996. The lowest BCUT2D eigenvalue weighted by atomic mass is 10.0. The Morgan fingerprint density at radius 2 is 1.79 bits per heavy atom. The predicted octanol–water partition coefficient (Wildman–Crippen LogP) is 3.54. The molecule has 19 heavy (non-hydrogen) atoms. The Hall–Kier alpha value is -2.78. The number of nitrogens with one attached hydrogen (secondary N) is 1. The molecular formula is C16H13N3. The van der Waals surface area contributed by atoms with Crippen LogP contribution < -0.4 is 5.32 Å². The molecule has 0 bridgehead atoms. The minimum absolute atomic E-state index is 0.462. The summed E-state index contributed by atoms with van der Waals surface area (Å²) in [5.74, 6) is 0. The van der Waals surface area contributed by atoms with Crippen molar-refractivity contribution < 1.29 is 0 Å². The molecule has 0 aliphatic heterocycles. The molecule has 3 heteroatoms. The minimum atomic E-state index is -0.462. The number of aryl methyl sites for hydroxylation is 1. The van der Waals surface area contributed by atoms with Crippen LogP contribution in [0.1, 0.15) is 22.7 Å². The molecule has 0 heterocycles. The van der Waals surface area contributed by atoms with Crippen molar-refractivity contribution in [2.45, 2.75) is 13.0 Å². The molecule has 0 spiro atoms.